The number of carbonyl (C=O) groups excluding carboxylic acids is 2. The van der Waals surface area contributed by atoms with E-state index in [0.29, 0.717) is 24.4 Å². The fourth-order valence-corrected chi connectivity index (χ4v) is 3.83. The van der Waals surface area contributed by atoms with E-state index in [0.717, 1.165) is 35.4 Å². The van der Waals surface area contributed by atoms with Crippen LogP contribution in [0.1, 0.15) is 47.1 Å². The Bertz CT molecular complexity index is 742. The van der Waals surface area contributed by atoms with Crippen molar-refractivity contribution in [3.05, 3.63) is 33.8 Å². The van der Waals surface area contributed by atoms with Crippen molar-refractivity contribution in [1.82, 2.24) is 4.57 Å². The Morgan fingerprint density at radius 1 is 1.43 bits per heavy atom. The number of carbonyl (C=O) groups is 2. The van der Waals surface area contributed by atoms with Gasteiger partial charge in [0.15, 0.2) is 0 Å². The molecular weight excluding hydrogens is 312 g/mol. The standard InChI is InChI=1S/C17H20N2O3S/c1-10-15(17(18)21)16(11-7-8-23-9-11)13(5-6-14(20)22-2)19(10)12-3-4-12/h7-9,12H,3-6H2,1-2H3,(H2,18,21). The van der Waals surface area contributed by atoms with Gasteiger partial charge >= 0.3 is 5.97 Å². The summed E-state index contributed by atoms with van der Waals surface area (Å²) in [4.78, 5) is 23.6. The first-order chi connectivity index (χ1) is 11.0. The lowest BCUT2D eigenvalue weighted by Crippen LogP contribution is -2.13. The second-order valence-corrected chi connectivity index (χ2v) is 6.62. The average Bonchev–Trinajstić information content (AvgIpc) is 3.11. The smallest absolute Gasteiger partial charge is 0.305 e. The lowest BCUT2D eigenvalue weighted by Gasteiger charge is -2.11. The van der Waals surface area contributed by atoms with Crippen molar-refractivity contribution in [3.63, 3.8) is 0 Å². The van der Waals surface area contributed by atoms with Gasteiger partial charge in [-0.3, -0.25) is 9.59 Å². The summed E-state index contributed by atoms with van der Waals surface area (Å²) in [5.41, 5.74) is 10.0. The fourth-order valence-electron chi connectivity index (χ4n) is 3.18. The highest BCUT2D eigenvalue weighted by Gasteiger charge is 2.33. The number of hydrogen-bond acceptors (Lipinski definition) is 4. The number of nitrogens with zero attached hydrogens (tertiary/aromatic N) is 1. The summed E-state index contributed by atoms with van der Waals surface area (Å²) in [6, 6.07) is 2.40. The number of thiophene rings is 1. The van der Waals surface area contributed by atoms with Crippen molar-refractivity contribution < 1.29 is 14.3 Å². The van der Waals surface area contributed by atoms with Crippen LogP contribution in [0.5, 0.6) is 0 Å². The van der Waals surface area contributed by atoms with Crippen LogP contribution in [0.25, 0.3) is 11.1 Å². The summed E-state index contributed by atoms with van der Waals surface area (Å²) < 4.78 is 6.97. The lowest BCUT2D eigenvalue weighted by molar-refractivity contribution is -0.140. The minimum Gasteiger partial charge on any atom is -0.469 e. The zero-order chi connectivity index (χ0) is 16.6. The third-order valence-corrected chi connectivity index (χ3v) is 5.00. The molecule has 0 aliphatic heterocycles. The topological polar surface area (TPSA) is 74.3 Å². The number of ether oxygens (including phenoxy) is 1. The lowest BCUT2D eigenvalue weighted by atomic mass is 10.0. The van der Waals surface area contributed by atoms with Gasteiger partial charge in [0.05, 0.1) is 19.1 Å². The maximum atomic E-state index is 12.1. The van der Waals surface area contributed by atoms with E-state index in [1.807, 2.05) is 23.8 Å². The molecule has 0 unspecified atom stereocenters. The van der Waals surface area contributed by atoms with Gasteiger partial charge in [-0.1, -0.05) is 0 Å². The van der Waals surface area contributed by atoms with E-state index in [2.05, 4.69) is 4.57 Å². The van der Waals surface area contributed by atoms with Gasteiger partial charge in [0, 0.05) is 23.0 Å². The predicted molar refractivity (Wildman–Crippen MR) is 89.6 cm³/mol. The highest BCUT2D eigenvalue weighted by atomic mass is 32.1. The molecule has 2 aromatic heterocycles. The van der Waals surface area contributed by atoms with Crippen molar-refractivity contribution in [1.29, 1.82) is 0 Å². The summed E-state index contributed by atoms with van der Waals surface area (Å²) in [5.74, 6) is -0.662. The van der Waals surface area contributed by atoms with E-state index in [4.69, 9.17) is 10.5 Å². The Morgan fingerprint density at radius 3 is 2.70 bits per heavy atom. The largest absolute Gasteiger partial charge is 0.469 e. The second kappa shape index (κ2) is 6.20. The summed E-state index contributed by atoms with van der Waals surface area (Å²) >= 11 is 1.58. The summed E-state index contributed by atoms with van der Waals surface area (Å²) in [5, 5.41) is 3.99. The molecule has 122 valence electrons. The molecule has 3 rings (SSSR count). The summed E-state index contributed by atoms with van der Waals surface area (Å²) in [6.07, 6.45) is 3.04. The van der Waals surface area contributed by atoms with E-state index >= 15 is 0 Å². The first-order valence-corrected chi connectivity index (χ1v) is 8.61. The molecule has 1 aliphatic rings. The minimum absolute atomic E-state index is 0.247. The Morgan fingerprint density at radius 2 is 2.17 bits per heavy atom. The van der Waals surface area contributed by atoms with Gasteiger partial charge in [0.1, 0.15) is 0 Å². The van der Waals surface area contributed by atoms with Crippen molar-refractivity contribution in [3.8, 4) is 11.1 Å². The Labute approximate surface area is 139 Å². The van der Waals surface area contributed by atoms with E-state index in [1.165, 1.54) is 7.11 Å². The monoisotopic (exact) mass is 332 g/mol. The van der Waals surface area contributed by atoms with E-state index in [9.17, 15) is 9.59 Å². The number of amides is 1. The molecule has 1 amide bonds. The molecule has 2 N–H and O–H groups in total. The van der Waals surface area contributed by atoms with Gasteiger partial charge in [-0.2, -0.15) is 11.3 Å². The van der Waals surface area contributed by atoms with Crippen LogP contribution in [0.2, 0.25) is 0 Å². The molecule has 2 aromatic rings. The van der Waals surface area contributed by atoms with Gasteiger partial charge in [-0.15, -0.1) is 0 Å². The number of rotatable bonds is 6. The fraction of sp³-hybridized carbons (Fsp3) is 0.412. The zero-order valence-corrected chi connectivity index (χ0v) is 14.1. The molecule has 0 radical (unpaired) electrons. The number of nitrogens with two attached hydrogens (primary N) is 1. The van der Waals surface area contributed by atoms with Crippen molar-refractivity contribution >= 4 is 23.2 Å². The summed E-state index contributed by atoms with van der Waals surface area (Å²) in [6.45, 7) is 1.94. The Balaban J connectivity index is 2.15. The van der Waals surface area contributed by atoms with E-state index < -0.39 is 5.91 Å². The molecule has 5 nitrogen and oxygen atoms in total. The number of aromatic nitrogens is 1. The average molecular weight is 332 g/mol. The number of hydrogen-bond donors (Lipinski definition) is 1. The van der Waals surface area contributed by atoms with Crippen LogP contribution in [0.4, 0.5) is 0 Å². The SMILES string of the molecule is COC(=O)CCc1c(-c2ccsc2)c(C(N)=O)c(C)n1C1CC1. The van der Waals surface area contributed by atoms with Crippen molar-refractivity contribution in [2.24, 2.45) is 5.73 Å². The molecule has 0 spiro atoms. The quantitative estimate of drug-likeness (QED) is 0.826. The zero-order valence-electron chi connectivity index (χ0n) is 13.3. The third-order valence-electron chi connectivity index (χ3n) is 4.31. The van der Waals surface area contributed by atoms with Crippen LogP contribution >= 0.6 is 11.3 Å². The van der Waals surface area contributed by atoms with Crippen LogP contribution in [-0.4, -0.2) is 23.6 Å². The van der Waals surface area contributed by atoms with Crippen molar-refractivity contribution in [2.75, 3.05) is 7.11 Å². The molecule has 1 saturated carbocycles. The Kier molecular flexibility index (Phi) is 4.26. The van der Waals surface area contributed by atoms with Gasteiger partial charge < -0.3 is 15.0 Å². The number of primary amides is 1. The van der Waals surface area contributed by atoms with Crippen LogP contribution in [0.3, 0.4) is 0 Å². The molecule has 0 bridgehead atoms. The molecule has 1 aliphatic carbocycles. The molecule has 0 aromatic carbocycles. The van der Waals surface area contributed by atoms with Gasteiger partial charge in [0.25, 0.3) is 5.91 Å². The highest BCUT2D eigenvalue weighted by Crippen LogP contribution is 2.43. The van der Waals surface area contributed by atoms with Crippen LogP contribution in [0, 0.1) is 6.92 Å². The van der Waals surface area contributed by atoms with Gasteiger partial charge in [0.2, 0.25) is 0 Å². The second-order valence-electron chi connectivity index (χ2n) is 5.84. The normalized spacial score (nSPS) is 14.0. The Hall–Kier alpha value is -2.08. The molecule has 1 fully saturated rings. The molecule has 0 atom stereocenters. The number of methoxy groups -OCH3 is 1. The third kappa shape index (κ3) is 2.91. The maximum absolute atomic E-state index is 12.1. The minimum atomic E-state index is -0.414. The van der Waals surface area contributed by atoms with Gasteiger partial charge in [-0.05, 0) is 48.6 Å². The molecular formula is C17H20N2O3S. The van der Waals surface area contributed by atoms with Crippen LogP contribution in [0.15, 0.2) is 16.8 Å². The highest BCUT2D eigenvalue weighted by molar-refractivity contribution is 7.08. The molecule has 23 heavy (non-hydrogen) atoms. The maximum Gasteiger partial charge on any atom is 0.305 e. The predicted octanol–water partition coefficient (Wildman–Crippen LogP) is 3.06. The van der Waals surface area contributed by atoms with E-state index in [1.54, 1.807) is 11.3 Å². The van der Waals surface area contributed by atoms with E-state index in [-0.39, 0.29) is 5.97 Å². The van der Waals surface area contributed by atoms with Gasteiger partial charge in [-0.25, -0.2) is 0 Å². The van der Waals surface area contributed by atoms with Crippen LogP contribution < -0.4 is 5.73 Å². The van der Waals surface area contributed by atoms with Crippen LogP contribution in [-0.2, 0) is 16.0 Å². The molecule has 0 saturated heterocycles. The first-order valence-electron chi connectivity index (χ1n) is 7.67. The number of esters is 1. The summed E-state index contributed by atoms with van der Waals surface area (Å²) in [7, 11) is 1.39. The van der Waals surface area contributed by atoms with Crippen molar-refractivity contribution in [2.45, 2.75) is 38.6 Å². The molecule has 6 heteroatoms. The first kappa shape index (κ1) is 15.8. The molecule has 2 heterocycles.